The summed E-state index contributed by atoms with van der Waals surface area (Å²) in [4.78, 5) is 18.4. The molecule has 116 valence electrons. The van der Waals surface area contributed by atoms with Gasteiger partial charge in [-0.1, -0.05) is 0 Å². The Balaban J connectivity index is 1.54. The molecule has 0 radical (unpaired) electrons. The van der Waals surface area contributed by atoms with Crippen molar-refractivity contribution in [1.82, 2.24) is 9.88 Å². The summed E-state index contributed by atoms with van der Waals surface area (Å²) in [6.45, 7) is 1.43. The maximum atomic E-state index is 12.8. The topological polar surface area (TPSA) is 42.4 Å². The predicted octanol–water partition coefficient (Wildman–Crippen LogP) is 3.07. The second-order valence-corrected chi connectivity index (χ2v) is 6.22. The maximum absolute atomic E-state index is 12.8. The number of halogens is 1. The molecule has 0 aliphatic carbocycles. The standard InChI is InChI=1S/C16H17FN2O2S/c17-13-3-5-14(6-4-13)21-11-15(20)19-8-1-2-12(10-19)16-18-7-9-22-16/h3-7,9,12H,1-2,8,10-11H2. The average Bonchev–Trinajstić information content (AvgIpc) is 3.09. The number of benzene rings is 1. The van der Waals surface area contributed by atoms with Gasteiger partial charge in [-0.05, 0) is 37.1 Å². The highest BCUT2D eigenvalue weighted by molar-refractivity contribution is 7.09. The van der Waals surface area contributed by atoms with Gasteiger partial charge in [0.25, 0.3) is 5.91 Å². The summed E-state index contributed by atoms with van der Waals surface area (Å²) < 4.78 is 18.2. The van der Waals surface area contributed by atoms with E-state index in [-0.39, 0.29) is 18.3 Å². The van der Waals surface area contributed by atoms with Crippen molar-refractivity contribution in [1.29, 1.82) is 0 Å². The van der Waals surface area contributed by atoms with Crippen LogP contribution in [0.25, 0.3) is 0 Å². The fourth-order valence-corrected chi connectivity index (χ4v) is 3.38. The number of nitrogens with zero attached hydrogens (tertiary/aromatic N) is 2. The molecule has 1 unspecified atom stereocenters. The van der Waals surface area contributed by atoms with Gasteiger partial charge in [-0.3, -0.25) is 4.79 Å². The van der Waals surface area contributed by atoms with Crippen molar-refractivity contribution >= 4 is 17.2 Å². The lowest BCUT2D eigenvalue weighted by atomic mass is 9.99. The van der Waals surface area contributed by atoms with Gasteiger partial charge in [0.05, 0.1) is 5.01 Å². The first-order valence-electron chi connectivity index (χ1n) is 7.28. The normalized spacial score (nSPS) is 18.2. The van der Waals surface area contributed by atoms with Gasteiger partial charge in [-0.2, -0.15) is 0 Å². The largest absolute Gasteiger partial charge is 0.484 e. The maximum Gasteiger partial charge on any atom is 0.260 e. The van der Waals surface area contributed by atoms with Crippen LogP contribution < -0.4 is 4.74 Å². The Hall–Kier alpha value is -1.95. The van der Waals surface area contributed by atoms with Gasteiger partial charge in [0.15, 0.2) is 6.61 Å². The number of hydrogen-bond donors (Lipinski definition) is 0. The molecule has 1 amide bonds. The fraction of sp³-hybridized carbons (Fsp3) is 0.375. The lowest BCUT2D eigenvalue weighted by Crippen LogP contribution is -2.41. The zero-order valence-corrected chi connectivity index (χ0v) is 12.9. The number of aromatic nitrogens is 1. The Bertz CT molecular complexity index is 616. The van der Waals surface area contributed by atoms with Crippen LogP contribution in [0.2, 0.25) is 0 Å². The smallest absolute Gasteiger partial charge is 0.260 e. The molecule has 1 fully saturated rings. The summed E-state index contributed by atoms with van der Waals surface area (Å²) in [6, 6.07) is 5.69. The number of carbonyl (C=O) groups is 1. The molecular weight excluding hydrogens is 303 g/mol. The molecule has 0 bridgehead atoms. The monoisotopic (exact) mass is 320 g/mol. The molecule has 6 heteroatoms. The average molecular weight is 320 g/mol. The molecule has 1 atom stereocenters. The van der Waals surface area contributed by atoms with Gasteiger partial charge in [0, 0.05) is 30.6 Å². The minimum atomic E-state index is -0.319. The second-order valence-electron chi connectivity index (χ2n) is 5.29. The van der Waals surface area contributed by atoms with Gasteiger partial charge >= 0.3 is 0 Å². The van der Waals surface area contributed by atoms with E-state index in [1.807, 2.05) is 10.3 Å². The zero-order chi connectivity index (χ0) is 15.4. The number of hydrogen-bond acceptors (Lipinski definition) is 4. The van der Waals surface area contributed by atoms with Crippen molar-refractivity contribution in [2.45, 2.75) is 18.8 Å². The molecule has 0 N–H and O–H groups in total. The Morgan fingerprint density at radius 2 is 2.23 bits per heavy atom. The number of ether oxygens (including phenoxy) is 1. The van der Waals surface area contributed by atoms with Crippen LogP contribution in [0.1, 0.15) is 23.8 Å². The molecule has 22 heavy (non-hydrogen) atoms. The number of amides is 1. The van der Waals surface area contributed by atoms with Gasteiger partial charge in [-0.15, -0.1) is 11.3 Å². The zero-order valence-electron chi connectivity index (χ0n) is 12.1. The molecule has 1 aromatic carbocycles. The molecule has 1 aromatic heterocycles. The van der Waals surface area contributed by atoms with Crippen molar-refractivity contribution in [3.8, 4) is 5.75 Å². The molecular formula is C16H17FN2O2S. The minimum Gasteiger partial charge on any atom is -0.484 e. The Kier molecular flexibility index (Phi) is 4.68. The summed E-state index contributed by atoms with van der Waals surface area (Å²) in [5.74, 6) is 0.471. The van der Waals surface area contributed by atoms with E-state index >= 15 is 0 Å². The molecule has 1 aliphatic rings. The van der Waals surface area contributed by atoms with Crippen molar-refractivity contribution in [3.05, 3.63) is 46.7 Å². The van der Waals surface area contributed by atoms with Crippen molar-refractivity contribution in [3.63, 3.8) is 0 Å². The van der Waals surface area contributed by atoms with Crippen LogP contribution in [0.15, 0.2) is 35.8 Å². The first-order valence-corrected chi connectivity index (χ1v) is 8.16. The number of carbonyl (C=O) groups excluding carboxylic acids is 1. The van der Waals surface area contributed by atoms with E-state index in [1.54, 1.807) is 17.5 Å². The number of rotatable bonds is 4. The molecule has 0 spiro atoms. The molecule has 2 heterocycles. The SMILES string of the molecule is O=C(COc1ccc(F)cc1)N1CCCC(c2nccs2)C1. The highest BCUT2D eigenvalue weighted by Crippen LogP contribution is 2.28. The molecule has 1 aliphatic heterocycles. The van der Waals surface area contributed by atoms with Gasteiger partial charge < -0.3 is 9.64 Å². The van der Waals surface area contributed by atoms with Crippen LogP contribution in [0.3, 0.4) is 0 Å². The molecule has 3 rings (SSSR count). The van der Waals surface area contributed by atoms with E-state index in [2.05, 4.69) is 4.98 Å². The number of likely N-dealkylation sites (tertiary alicyclic amines) is 1. The van der Waals surface area contributed by atoms with Crippen molar-refractivity contribution < 1.29 is 13.9 Å². The van der Waals surface area contributed by atoms with E-state index in [0.717, 1.165) is 24.4 Å². The highest BCUT2D eigenvalue weighted by Gasteiger charge is 2.26. The third-order valence-electron chi connectivity index (χ3n) is 3.75. The molecule has 2 aromatic rings. The van der Waals surface area contributed by atoms with E-state index in [1.165, 1.54) is 24.3 Å². The predicted molar refractivity (Wildman–Crippen MR) is 82.6 cm³/mol. The van der Waals surface area contributed by atoms with Crippen LogP contribution in [-0.4, -0.2) is 35.5 Å². The summed E-state index contributed by atoms with van der Waals surface area (Å²) >= 11 is 1.64. The third-order valence-corrected chi connectivity index (χ3v) is 4.69. The Morgan fingerprint density at radius 1 is 1.41 bits per heavy atom. The van der Waals surface area contributed by atoms with Crippen molar-refractivity contribution in [2.24, 2.45) is 0 Å². The Labute approximate surface area is 132 Å². The lowest BCUT2D eigenvalue weighted by Gasteiger charge is -2.31. The van der Waals surface area contributed by atoms with Gasteiger partial charge in [0.1, 0.15) is 11.6 Å². The van der Waals surface area contributed by atoms with Gasteiger partial charge in [0.2, 0.25) is 0 Å². The molecule has 4 nitrogen and oxygen atoms in total. The molecule has 0 saturated carbocycles. The summed E-state index contributed by atoms with van der Waals surface area (Å²) in [5, 5.41) is 3.06. The van der Waals surface area contributed by atoms with E-state index in [9.17, 15) is 9.18 Å². The van der Waals surface area contributed by atoms with Crippen LogP contribution in [-0.2, 0) is 4.79 Å². The van der Waals surface area contributed by atoms with Gasteiger partial charge in [-0.25, -0.2) is 9.37 Å². The fourth-order valence-electron chi connectivity index (χ4n) is 2.61. The van der Waals surface area contributed by atoms with Crippen molar-refractivity contribution in [2.75, 3.05) is 19.7 Å². The summed E-state index contributed by atoms with van der Waals surface area (Å²) in [7, 11) is 0. The van der Waals surface area contributed by atoms with E-state index in [0.29, 0.717) is 18.2 Å². The first kappa shape index (κ1) is 15.0. The third kappa shape index (κ3) is 3.62. The summed E-state index contributed by atoms with van der Waals surface area (Å²) in [6.07, 6.45) is 3.85. The quantitative estimate of drug-likeness (QED) is 0.869. The second kappa shape index (κ2) is 6.87. The molecule has 1 saturated heterocycles. The van der Waals surface area contributed by atoms with Crippen LogP contribution >= 0.6 is 11.3 Å². The lowest BCUT2D eigenvalue weighted by molar-refractivity contribution is -0.134. The van der Waals surface area contributed by atoms with Crippen LogP contribution in [0.5, 0.6) is 5.75 Å². The van der Waals surface area contributed by atoms with Crippen LogP contribution in [0.4, 0.5) is 4.39 Å². The summed E-state index contributed by atoms with van der Waals surface area (Å²) in [5.41, 5.74) is 0. The van der Waals surface area contributed by atoms with Crippen LogP contribution in [0, 0.1) is 5.82 Å². The van der Waals surface area contributed by atoms with E-state index in [4.69, 9.17) is 4.74 Å². The first-order chi connectivity index (χ1) is 10.7. The minimum absolute atomic E-state index is 0.0176. The van der Waals surface area contributed by atoms with E-state index < -0.39 is 0 Å². The highest BCUT2D eigenvalue weighted by atomic mass is 32.1. The Morgan fingerprint density at radius 3 is 2.95 bits per heavy atom. The number of piperidine rings is 1. The number of thiazole rings is 1.